The summed E-state index contributed by atoms with van der Waals surface area (Å²) >= 11 is 1.57. The van der Waals surface area contributed by atoms with Crippen LogP contribution < -0.4 is 5.32 Å². The maximum absolute atomic E-state index is 11.8. The number of amides is 2. The Morgan fingerprint density at radius 2 is 2.00 bits per heavy atom. The van der Waals surface area contributed by atoms with Crippen molar-refractivity contribution in [2.75, 3.05) is 25.2 Å². The average molecular weight is 266 g/mol. The Hall–Kier alpha value is -1.49. The lowest BCUT2D eigenvalue weighted by Crippen LogP contribution is -2.34. The number of hydrogen-bond acceptors (Lipinski definition) is 3. The summed E-state index contributed by atoms with van der Waals surface area (Å²) < 4.78 is 0. The molecule has 0 atom stereocenters. The molecule has 1 rings (SSSR count). The first-order valence-electron chi connectivity index (χ1n) is 5.75. The molecule has 2 amide bonds. The highest BCUT2D eigenvalue weighted by Gasteiger charge is 2.12. The first-order chi connectivity index (χ1) is 8.58. The highest BCUT2D eigenvalue weighted by Crippen LogP contribution is 2.24. The number of para-hydroxylation sites is 1. The first-order valence-corrected chi connectivity index (χ1v) is 6.97. The molecule has 0 spiro atoms. The SMILES string of the molecule is CCC(=O)N(C)CC(=O)Nc1ccccc1SC. The summed E-state index contributed by atoms with van der Waals surface area (Å²) in [6.07, 6.45) is 2.36. The van der Waals surface area contributed by atoms with Crippen LogP contribution in [0.3, 0.4) is 0 Å². The van der Waals surface area contributed by atoms with Gasteiger partial charge in [0.2, 0.25) is 11.8 Å². The molecule has 0 bridgehead atoms. The third-order valence-corrected chi connectivity index (χ3v) is 3.29. The van der Waals surface area contributed by atoms with Gasteiger partial charge in [-0.15, -0.1) is 11.8 Å². The molecule has 0 saturated carbocycles. The molecule has 98 valence electrons. The largest absolute Gasteiger partial charge is 0.336 e. The molecule has 0 unspecified atom stereocenters. The van der Waals surface area contributed by atoms with Crippen molar-refractivity contribution in [2.24, 2.45) is 0 Å². The first kappa shape index (κ1) is 14.6. The zero-order valence-corrected chi connectivity index (χ0v) is 11.7. The number of likely N-dealkylation sites (N-methyl/N-ethyl adjacent to an activating group) is 1. The van der Waals surface area contributed by atoms with E-state index in [1.807, 2.05) is 30.5 Å². The lowest BCUT2D eigenvalue weighted by molar-refractivity contribution is -0.133. The van der Waals surface area contributed by atoms with E-state index in [1.54, 1.807) is 25.7 Å². The molecule has 0 fully saturated rings. The van der Waals surface area contributed by atoms with Crippen molar-refractivity contribution in [3.63, 3.8) is 0 Å². The van der Waals surface area contributed by atoms with E-state index in [0.29, 0.717) is 6.42 Å². The number of rotatable bonds is 5. The number of carbonyl (C=O) groups excluding carboxylic acids is 2. The van der Waals surface area contributed by atoms with E-state index in [4.69, 9.17) is 0 Å². The summed E-state index contributed by atoms with van der Waals surface area (Å²) in [4.78, 5) is 25.6. The van der Waals surface area contributed by atoms with Gasteiger partial charge in [-0.25, -0.2) is 0 Å². The van der Waals surface area contributed by atoms with Crippen LogP contribution in [0.4, 0.5) is 5.69 Å². The van der Waals surface area contributed by atoms with Gasteiger partial charge in [0, 0.05) is 18.4 Å². The van der Waals surface area contributed by atoms with Crippen LogP contribution in [-0.4, -0.2) is 36.6 Å². The van der Waals surface area contributed by atoms with Gasteiger partial charge < -0.3 is 10.2 Å². The highest BCUT2D eigenvalue weighted by atomic mass is 32.2. The fourth-order valence-electron chi connectivity index (χ4n) is 1.51. The van der Waals surface area contributed by atoms with Crippen LogP contribution in [0.2, 0.25) is 0 Å². The third-order valence-electron chi connectivity index (χ3n) is 2.49. The van der Waals surface area contributed by atoms with Crippen LogP contribution in [-0.2, 0) is 9.59 Å². The van der Waals surface area contributed by atoms with Gasteiger partial charge in [-0.05, 0) is 18.4 Å². The molecule has 5 heteroatoms. The van der Waals surface area contributed by atoms with Gasteiger partial charge in [0.15, 0.2) is 0 Å². The van der Waals surface area contributed by atoms with Gasteiger partial charge in [0.1, 0.15) is 0 Å². The standard InChI is InChI=1S/C13H18N2O2S/c1-4-13(17)15(2)9-12(16)14-10-7-5-6-8-11(10)18-3/h5-8H,4,9H2,1-3H3,(H,14,16). The van der Waals surface area contributed by atoms with Crippen molar-refractivity contribution in [1.82, 2.24) is 4.90 Å². The fourth-order valence-corrected chi connectivity index (χ4v) is 2.06. The molecule has 0 heterocycles. The van der Waals surface area contributed by atoms with Crippen molar-refractivity contribution in [3.05, 3.63) is 24.3 Å². The van der Waals surface area contributed by atoms with Crippen LogP contribution in [0.1, 0.15) is 13.3 Å². The summed E-state index contributed by atoms with van der Waals surface area (Å²) in [6.45, 7) is 1.86. The smallest absolute Gasteiger partial charge is 0.244 e. The number of benzene rings is 1. The lowest BCUT2D eigenvalue weighted by Gasteiger charge is -2.16. The average Bonchev–Trinajstić information content (AvgIpc) is 2.38. The van der Waals surface area contributed by atoms with Crippen LogP contribution >= 0.6 is 11.8 Å². The van der Waals surface area contributed by atoms with Gasteiger partial charge >= 0.3 is 0 Å². The molecule has 0 aromatic heterocycles. The molecule has 4 nitrogen and oxygen atoms in total. The zero-order chi connectivity index (χ0) is 13.5. The predicted molar refractivity (Wildman–Crippen MR) is 74.8 cm³/mol. The second kappa shape index (κ2) is 7.06. The van der Waals surface area contributed by atoms with E-state index in [0.717, 1.165) is 10.6 Å². The quantitative estimate of drug-likeness (QED) is 0.831. The zero-order valence-electron chi connectivity index (χ0n) is 10.9. The minimum Gasteiger partial charge on any atom is -0.336 e. The second-order valence-electron chi connectivity index (χ2n) is 3.85. The minimum atomic E-state index is -0.180. The maximum atomic E-state index is 11.8. The maximum Gasteiger partial charge on any atom is 0.244 e. The summed E-state index contributed by atoms with van der Waals surface area (Å²) in [5.41, 5.74) is 0.785. The number of thioether (sulfide) groups is 1. The Morgan fingerprint density at radius 1 is 1.33 bits per heavy atom. The third kappa shape index (κ3) is 4.07. The number of nitrogens with one attached hydrogen (secondary N) is 1. The summed E-state index contributed by atoms with van der Waals surface area (Å²) in [7, 11) is 1.63. The normalized spacial score (nSPS) is 9.94. The molecular weight excluding hydrogens is 248 g/mol. The Kier molecular flexibility index (Phi) is 5.71. The highest BCUT2D eigenvalue weighted by molar-refractivity contribution is 7.98. The number of hydrogen-bond donors (Lipinski definition) is 1. The number of anilines is 1. The summed E-state index contributed by atoms with van der Waals surface area (Å²) in [5.74, 6) is -0.218. The molecule has 1 N–H and O–H groups in total. The fraction of sp³-hybridized carbons (Fsp3) is 0.385. The molecule has 0 saturated heterocycles. The van der Waals surface area contributed by atoms with Crippen molar-refractivity contribution in [3.8, 4) is 0 Å². The second-order valence-corrected chi connectivity index (χ2v) is 4.70. The van der Waals surface area contributed by atoms with Crippen LogP contribution in [0.15, 0.2) is 29.2 Å². The number of nitrogens with zero attached hydrogens (tertiary/aromatic N) is 1. The van der Waals surface area contributed by atoms with E-state index in [2.05, 4.69) is 5.32 Å². The Labute approximate surface area is 112 Å². The molecule has 0 aliphatic carbocycles. The summed E-state index contributed by atoms with van der Waals surface area (Å²) in [6, 6.07) is 7.59. The van der Waals surface area contributed by atoms with Gasteiger partial charge in [-0.1, -0.05) is 19.1 Å². The van der Waals surface area contributed by atoms with E-state index in [9.17, 15) is 9.59 Å². The Balaban J connectivity index is 2.62. The van der Waals surface area contributed by atoms with Crippen molar-refractivity contribution >= 4 is 29.3 Å². The Morgan fingerprint density at radius 3 is 2.61 bits per heavy atom. The van der Waals surface area contributed by atoms with E-state index in [-0.39, 0.29) is 18.4 Å². The van der Waals surface area contributed by atoms with Crippen LogP contribution in [0.25, 0.3) is 0 Å². The minimum absolute atomic E-state index is 0.0386. The molecule has 0 aliphatic rings. The van der Waals surface area contributed by atoms with Crippen LogP contribution in [0, 0.1) is 0 Å². The van der Waals surface area contributed by atoms with E-state index >= 15 is 0 Å². The van der Waals surface area contributed by atoms with Gasteiger partial charge in [0.25, 0.3) is 0 Å². The van der Waals surface area contributed by atoms with Gasteiger partial charge in [-0.2, -0.15) is 0 Å². The van der Waals surface area contributed by atoms with Crippen LogP contribution in [0.5, 0.6) is 0 Å². The molecule has 0 aliphatic heterocycles. The molecule has 1 aromatic rings. The van der Waals surface area contributed by atoms with E-state index < -0.39 is 0 Å². The van der Waals surface area contributed by atoms with Gasteiger partial charge in [0.05, 0.1) is 12.2 Å². The Bertz CT molecular complexity index is 435. The molecule has 0 radical (unpaired) electrons. The summed E-state index contributed by atoms with van der Waals surface area (Å²) in [5, 5.41) is 2.82. The predicted octanol–water partition coefficient (Wildman–Crippen LogP) is 2.22. The van der Waals surface area contributed by atoms with Crippen molar-refractivity contribution in [1.29, 1.82) is 0 Å². The molecule has 18 heavy (non-hydrogen) atoms. The van der Waals surface area contributed by atoms with Crippen molar-refractivity contribution in [2.45, 2.75) is 18.2 Å². The van der Waals surface area contributed by atoms with Crippen molar-refractivity contribution < 1.29 is 9.59 Å². The number of carbonyl (C=O) groups is 2. The monoisotopic (exact) mass is 266 g/mol. The topological polar surface area (TPSA) is 49.4 Å². The van der Waals surface area contributed by atoms with E-state index in [1.165, 1.54) is 4.90 Å². The van der Waals surface area contributed by atoms with Gasteiger partial charge in [-0.3, -0.25) is 9.59 Å². The molecule has 1 aromatic carbocycles. The molecular formula is C13H18N2O2S. The lowest BCUT2D eigenvalue weighted by atomic mass is 10.3.